The molecule has 0 amide bonds. The number of nitrogens with zero attached hydrogens (tertiary/aromatic N) is 3. The molecule has 0 aliphatic carbocycles. The number of aliphatic hydroxyl groups excluding tert-OH is 1. The molecule has 1 aliphatic heterocycles. The van der Waals surface area contributed by atoms with Crippen LogP contribution in [0.5, 0.6) is 0 Å². The van der Waals surface area contributed by atoms with Crippen LogP contribution in [0.2, 0.25) is 5.02 Å². The Labute approximate surface area is 147 Å². The zero-order chi connectivity index (χ0) is 18.0. The molecule has 0 spiro atoms. The Morgan fingerprint density at radius 1 is 1.44 bits per heavy atom. The molecule has 3 atom stereocenters. The van der Waals surface area contributed by atoms with Crippen LogP contribution in [-0.2, 0) is 9.47 Å². The van der Waals surface area contributed by atoms with Crippen LogP contribution in [0.25, 0.3) is 0 Å². The van der Waals surface area contributed by atoms with Crippen LogP contribution < -0.4 is 11.4 Å². The van der Waals surface area contributed by atoms with E-state index in [0.717, 1.165) is 4.57 Å². The van der Waals surface area contributed by atoms with Crippen molar-refractivity contribution in [2.75, 3.05) is 12.3 Å². The minimum atomic E-state index is -0.772. The van der Waals surface area contributed by atoms with Crippen molar-refractivity contribution < 1.29 is 19.4 Å². The number of aromatic nitrogens is 3. The third kappa shape index (κ3) is 3.78. The first-order valence-corrected chi connectivity index (χ1v) is 7.79. The summed E-state index contributed by atoms with van der Waals surface area (Å²) in [7, 11) is 0. The Morgan fingerprint density at radius 3 is 2.80 bits per heavy atom. The molecule has 132 valence electrons. The SMILES string of the molecule is Nc1ncn([C@H]2C[C@H](OC(=O)c3ccc(Cl)cc3)[C@@H](CO)O2)c(=O)n1. The van der Waals surface area contributed by atoms with Gasteiger partial charge >= 0.3 is 11.7 Å². The van der Waals surface area contributed by atoms with E-state index >= 15 is 0 Å². The highest BCUT2D eigenvalue weighted by molar-refractivity contribution is 6.30. The van der Waals surface area contributed by atoms with Crippen molar-refractivity contribution >= 4 is 23.5 Å². The Morgan fingerprint density at radius 2 is 2.16 bits per heavy atom. The molecule has 0 unspecified atom stereocenters. The van der Waals surface area contributed by atoms with E-state index in [1.54, 1.807) is 12.1 Å². The van der Waals surface area contributed by atoms with E-state index in [4.69, 9.17) is 26.8 Å². The van der Waals surface area contributed by atoms with E-state index in [2.05, 4.69) is 9.97 Å². The second kappa shape index (κ2) is 7.18. The number of aliphatic hydroxyl groups is 1. The van der Waals surface area contributed by atoms with Crippen molar-refractivity contribution in [3.63, 3.8) is 0 Å². The largest absolute Gasteiger partial charge is 0.456 e. The molecule has 1 aromatic heterocycles. The lowest BCUT2D eigenvalue weighted by atomic mass is 10.1. The Kier molecular flexibility index (Phi) is 4.98. The van der Waals surface area contributed by atoms with E-state index in [1.807, 2.05) is 0 Å². The lowest BCUT2D eigenvalue weighted by molar-refractivity contribution is -0.0524. The number of hydrogen-bond donors (Lipinski definition) is 2. The molecule has 2 aromatic rings. The average Bonchev–Trinajstić information content (AvgIpc) is 2.98. The Hall–Kier alpha value is -2.49. The number of halogens is 1. The van der Waals surface area contributed by atoms with E-state index in [1.165, 1.54) is 18.5 Å². The second-order valence-corrected chi connectivity index (χ2v) is 5.84. The highest BCUT2D eigenvalue weighted by atomic mass is 35.5. The van der Waals surface area contributed by atoms with Gasteiger partial charge in [-0.05, 0) is 24.3 Å². The molecule has 2 heterocycles. The first-order valence-electron chi connectivity index (χ1n) is 7.41. The van der Waals surface area contributed by atoms with E-state index in [-0.39, 0.29) is 19.0 Å². The number of anilines is 1. The minimum absolute atomic E-state index is 0.149. The molecular weight excluding hydrogens is 352 g/mol. The van der Waals surface area contributed by atoms with Crippen LogP contribution in [0, 0.1) is 0 Å². The molecule has 0 radical (unpaired) electrons. The third-order valence-electron chi connectivity index (χ3n) is 3.75. The number of benzene rings is 1. The Bertz CT molecular complexity index is 825. The van der Waals surface area contributed by atoms with E-state index in [9.17, 15) is 14.7 Å². The van der Waals surface area contributed by atoms with Gasteiger partial charge in [-0.3, -0.25) is 4.57 Å². The molecule has 3 rings (SSSR count). The van der Waals surface area contributed by atoms with Crippen LogP contribution in [0.4, 0.5) is 5.95 Å². The smallest absolute Gasteiger partial charge is 0.354 e. The van der Waals surface area contributed by atoms with Crippen molar-refractivity contribution in [2.24, 2.45) is 0 Å². The topological polar surface area (TPSA) is 130 Å². The first kappa shape index (κ1) is 17.3. The lowest BCUT2D eigenvalue weighted by Crippen LogP contribution is -2.30. The van der Waals surface area contributed by atoms with Gasteiger partial charge in [0, 0.05) is 11.4 Å². The molecule has 10 heteroatoms. The number of nitrogens with two attached hydrogens (primary N) is 1. The number of nitrogen functional groups attached to an aromatic ring is 1. The zero-order valence-electron chi connectivity index (χ0n) is 12.9. The van der Waals surface area contributed by atoms with Gasteiger partial charge < -0.3 is 20.3 Å². The highest BCUT2D eigenvalue weighted by Gasteiger charge is 2.39. The molecule has 9 nitrogen and oxygen atoms in total. The summed E-state index contributed by atoms with van der Waals surface area (Å²) in [6.45, 7) is -0.375. The molecule has 1 aliphatic rings. The predicted octanol–water partition coefficient (Wildman–Crippen LogP) is 0.379. The van der Waals surface area contributed by atoms with Gasteiger partial charge in [-0.25, -0.2) is 14.6 Å². The van der Waals surface area contributed by atoms with Crippen molar-refractivity contribution in [2.45, 2.75) is 24.9 Å². The lowest BCUT2D eigenvalue weighted by Gasteiger charge is -2.16. The minimum Gasteiger partial charge on any atom is -0.456 e. The summed E-state index contributed by atoms with van der Waals surface area (Å²) in [5.74, 6) is -0.728. The Balaban J connectivity index is 1.74. The molecular formula is C15H15ClN4O5. The standard InChI is InChI=1S/C15H15ClN4O5/c16-9-3-1-8(2-4-9)13(22)25-10-5-12(24-11(10)6-21)20-7-18-14(17)19-15(20)23/h1-4,7,10-12,21H,5-6H2,(H2,17,19,23)/t10-,11+,12+/m0/s1. The maximum atomic E-state index is 12.2. The van der Waals surface area contributed by atoms with Crippen LogP contribution >= 0.6 is 11.6 Å². The van der Waals surface area contributed by atoms with Gasteiger partial charge in [-0.1, -0.05) is 11.6 Å². The molecule has 25 heavy (non-hydrogen) atoms. The normalized spacial score (nSPS) is 22.7. The number of ether oxygens (including phenoxy) is 2. The van der Waals surface area contributed by atoms with Crippen molar-refractivity contribution in [3.05, 3.63) is 51.7 Å². The average molecular weight is 367 g/mol. The van der Waals surface area contributed by atoms with Crippen LogP contribution in [0.1, 0.15) is 23.0 Å². The molecule has 0 saturated carbocycles. The van der Waals surface area contributed by atoms with Crippen molar-refractivity contribution in [3.8, 4) is 0 Å². The maximum Gasteiger partial charge on any atom is 0.354 e. The highest BCUT2D eigenvalue weighted by Crippen LogP contribution is 2.30. The fourth-order valence-corrected chi connectivity index (χ4v) is 2.63. The third-order valence-corrected chi connectivity index (χ3v) is 4.01. The molecule has 1 saturated heterocycles. The van der Waals surface area contributed by atoms with Crippen LogP contribution in [0.3, 0.4) is 0 Å². The van der Waals surface area contributed by atoms with Crippen molar-refractivity contribution in [1.29, 1.82) is 0 Å². The summed E-state index contributed by atoms with van der Waals surface area (Å²) in [4.78, 5) is 31.4. The summed E-state index contributed by atoms with van der Waals surface area (Å²) in [6.07, 6.45) is -0.910. The summed E-state index contributed by atoms with van der Waals surface area (Å²) in [6, 6.07) is 6.20. The second-order valence-electron chi connectivity index (χ2n) is 5.40. The van der Waals surface area contributed by atoms with Crippen LogP contribution in [-0.4, -0.2) is 44.4 Å². The molecule has 1 aromatic carbocycles. The fraction of sp³-hybridized carbons (Fsp3) is 0.333. The van der Waals surface area contributed by atoms with Gasteiger partial charge in [0.15, 0.2) is 0 Å². The summed E-state index contributed by atoms with van der Waals surface area (Å²) in [5, 5.41) is 9.96. The molecule has 0 bridgehead atoms. The number of esters is 1. The number of carbonyl (C=O) groups is 1. The predicted molar refractivity (Wildman–Crippen MR) is 87.0 cm³/mol. The zero-order valence-corrected chi connectivity index (χ0v) is 13.7. The first-order chi connectivity index (χ1) is 12.0. The fourth-order valence-electron chi connectivity index (χ4n) is 2.50. The number of rotatable bonds is 4. The number of carbonyl (C=O) groups excluding carboxylic acids is 1. The van der Waals surface area contributed by atoms with Crippen molar-refractivity contribution in [1.82, 2.24) is 14.5 Å². The van der Waals surface area contributed by atoms with E-state index < -0.39 is 30.1 Å². The van der Waals surface area contributed by atoms with Gasteiger partial charge in [-0.15, -0.1) is 0 Å². The summed E-state index contributed by atoms with van der Waals surface area (Å²) >= 11 is 5.79. The molecule has 3 N–H and O–H groups in total. The number of hydrogen-bond acceptors (Lipinski definition) is 8. The van der Waals surface area contributed by atoms with Gasteiger partial charge in [0.1, 0.15) is 24.8 Å². The van der Waals surface area contributed by atoms with Gasteiger partial charge in [0.25, 0.3) is 0 Å². The summed E-state index contributed by atoms with van der Waals surface area (Å²) < 4.78 is 12.1. The quantitative estimate of drug-likeness (QED) is 0.743. The van der Waals surface area contributed by atoms with Gasteiger partial charge in [0.2, 0.25) is 5.95 Å². The van der Waals surface area contributed by atoms with Gasteiger partial charge in [-0.2, -0.15) is 4.98 Å². The summed E-state index contributed by atoms with van der Waals surface area (Å²) in [5.41, 5.74) is 5.03. The van der Waals surface area contributed by atoms with E-state index in [0.29, 0.717) is 10.6 Å². The monoisotopic (exact) mass is 366 g/mol. The van der Waals surface area contributed by atoms with Gasteiger partial charge in [0.05, 0.1) is 12.2 Å². The maximum absolute atomic E-state index is 12.2. The van der Waals surface area contributed by atoms with Crippen LogP contribution in [0.15, 0.2) is 35.4 Å². The molecule has 1 fully saturated rings.